The van der Waals surface area contributed by atoms with E-state index >= 15 is 0 Å². The molecule has 1 amide bonds. The van der Waals surface area contributed by atoms with Gasteiger partial charge < -0.3 is 5.32 Å². The number of amides is 1. The molecule has 0 saturated heterocycles. The van der Waals surface area contributed by atoms with E-state index in [0.29, 0.717) is 30.6 Å². The normalized spacial score (nSPS) is 13.9. The summed E-state index contributed by atoms with van der Waals surface area (Å²) in [6.45, 7) is -0.302. The predicted octanol–water partition coefficient (Wildman–Crippen LogP) is 3.08. The Kier molecular flexibility index (Phi) is 4.01. The molecule has 5 nitrogen and oxygen atoms in total. The topological polar surface area (TPSA) is 59.8 Å². The molecule has 3 rings (SSSR count). The van der Waals surface area contributed by atoms with Gasteiger partial charge in [0.05, 0.1) is 5.69 Å². The first-order chi connectivity index (χ1) is 10.9. The van der Waals surface area contributed by atoms with Gasteiger partial charge in [0.2, 0.25) is 5.91 Å². The number of carbonyl (C=O) groups excluding carboxylic acids is 1. The maximum Gasteiger partial charge on any atom is 0.435 e. The molecule has 0 atom stereocenters. The van der Waals surface area contributed by atoms with Crippen LogP contribution < -0.4 is 5.32 Å². The summed E-state index contributed by atoms with van der Waals surface area (Å²) in [6.07, 6.45) is -1.59. The number of anilines is 1. The van der Waals surface area contributed by atoms with Crippen LogP contribution in [0.15, 0.2) is 18.3 Å². The minimum Gasteiger partial charge on any atom is -0.322 e. The van der Waals surface area contributed by atoms with E-state index in [1.807, 2.05) is 0 Å². The third-order valence-electron chi connectivity index (χ3n) is 3.60. The number of nitrogens with zero attached hydrogens (tertiary/aromatic N) is 3. The van der Waals surface area contributed by atoms with Gasteiger partial charge in [0.15, 0.2) is 10.8 Å². The molecule has 23 heavy (non-hydrogen) atoms. The first kappa shape index (κ1) is 15.8. The van der Waals surface area contributed by atoms with Crippen molar-refractivity contribution in [2.24, 2.45) is 0 Å². The van der Waals surface area contributed by atoms with Crippen LogP contribution in [-0.2, 0) is 30.4 Å². The standard InChI is InChI=1S/C14H12ClF3N4O/c15-13-9(4-2-6-19-13)20-11(23)7-22-10-5-1-3-8(10)12(21-22)14(16,17)18/h2,4,6H,1,3,5,7H2,(H,20,23). The van der Waals surface area contributed by atoms with Crippen molar-refractivity contribution in [1.29, 1.82) is 0 Å². The number of fused-ring (bicyclic) bond motifs is 1. The zero-order valence-electron chi connectivity index (χ0n) is 11.8. The average molecular weight is 345 g/mol. The highest BCUT2D eigenvalue weighted by Gasteiger charge is 2.40. The molecule has 0 aliphatic heterocycles. The van der Waals surface area contributed by atoms with Crippen molar-refractivity contribution in [2.45, 2.75) is 32.0 Å². The lowest BCUT2D eigenvalue weighted by Gasteiger charge is -2.08. The van der Waals surface area contributed by atoms with Gasteiger partial charge in [-0.2, -0.15) is 18.3 Å². The van der Waals surface area contributed by atoms with Crippen LogP contribution in [0.4, 0.5) is 18.9 Å². The molecule has 0 aromatic carbocycles. The molecule has 2 aromatic rings. The molecular formula is C14H12ClF3N4O. The van der Waals surface area contributed by atoms with E-state index in [1.165, 1.54) is 6.20 Å². The number of rotatable bonds is 3. The zero-order chi connectivity index (χ0) is 16.6. The molecule has 1 N–H and O–H groups in total. The largest absolute Gasteiger partial charge is 0.435 e. The molecule has 0 spiro atoms. The zero-order valence-corrected chi connectivity index (χ0v) is 12.6. The van der Waals surface area contributed by atoms with E-state index in [4.69, 9.17) is 11.6 Å². The quantitative estimate of drug-likeness (QED) is 0.870. The SMILES string of the molecule is O=C(Cn1nc(C(F)(F)F)c2c1CCC2)Nc1cccnc1Cl. The van der Waals surface area contributed by atoms with Crippen molar-refractivity contribution in [3.05, 3.63) is 40.4 Å². The maximum absolute atomic E-state index is 13.0. The summed E-state index contributed by atoms with van der Waals surface area (Å²) in [5.74, 6) is -0.508. The minimum atomic E-state index is -4.51. The summed E-state index contributed by atoms with van der Waals surface area (Å²) >= 11 is 5.83. The molecule has 2 heterocycles. The summed E-state index contributed by atoms with van der Waals surface area (Å²) in [6, 6.07) is 3.15. The molecule has 0 fully saturated rings. The van der Waals surface area contributed by atoms with E-state index in [1.54, 1.807) is 12.1 Å². The molecule has 1 aliphatic carbocycles. The first-order valence-electron chi connectivity index (χ1n) is 6.92. The van der Waals surface area contributed by atoms with Gasteiger partial charge in [0, 0.05) is 17.5 Å². The van der Waals surface area contributed by atoms with Crippen LogP contribution in [-0.4, -0.2) is 20.7 Å². The van der Waals surface area contributed by atoms with Crippen LogP contribution in [0.3, 0.4) is 0 Å². The Morgan fingerprint density at radius 1 is 1.39 bits per heavy atom. The van der Waals surface area contributed by atoms with Crippen LogP contribution in [0.2, 0.25) is 5.15 Å². The summed E-state index contributed by atoms with van der Waals surface area (Å²) < 4.78 is 40.1. The first-order valence-corrected chi connectivity index (χ1v) is 7.30. The Bertz CT molecular complexity index is 757. The second-order valence-electron chi connectivity index (χ2n) is 5.17. The molecule has 0 unspecified atom stereocenters. The molecule has 0 radical (unpaired) electrons. The van der Waals surface area contributed by atoms with Crippen molar-refractivity contribution in [1.82, 2.24) is 14.8 Å². The average Bonchev–Trinajstić information content (AvgIpc) is 3.04. The van der Waals surface area contributed by atoms with Crippen LogP contribution in [0.5, 0.6) is 0 Å². The number of carbonyl (C=O) groups is 1. The highest BCUT2D eigenvalue weighted by molar-refractivity contribution is 6.32. The number of pyridine rings is 1. The number of hydrogen-bond acceptors (Lipinski definition) is 3. The van der Waals surface area contributed by atoms with Crippen molar-refractivity contribution >= 4 is 23.2 Å². The minimum absolute atomic E-state index is 0.113. The fraction of sp³-hybridized carbons (Fsp3) is 0.357. The predicted molar refractivity (Wildman–Crippen MR) is 77.1 cm³/mol. The lowest BCUT2D eigenvalue weighted by Crippen LogP contribution is -2.21. The van der Waals surface area contributed by atoms with Gasteiger partial charge in [-0.25, -0.2) is 4.98 Å². The Morgan fingerprint density at radius 2 is 2.17 bits per heavy atom. The van der Waals surface area contributed by atoms with Crippen molar-refractivity contribution in [3.63, 3.8) is 0 Å². The summed E-state index contributed by atoms with van der Waals surface area (Å²) in [5.41, 5.74) is 0.0886. The summed E-state index contributed by atoms with van der Waals surface area (Å²) in [5, 5.41) is 6.23. The molecule has 122 valence electrons. The van der Waals surface area contributed by atoms with E-state index in [-0.39, 0.29) is 17.3 Å². The van der Waals surface area contributed by atoms with Crippen LogP contribution in [0.25, 0.3) is 0 Å². The lowest BCUT2D eigenvalue weighted by atomic mass is 10.2. The third-order valence-corrected chi connectivity index (χ3v) is 3.90. The molecule has 9 heteroatoms. The van der Waals surface area contributed by atoms with E-state index in [0.717, 1.165) is 4.68 Å². The number of aromatic nitrogens is 3. The molecular weight excluding hydrogens is 333 g/mol. The van der Waals surface area contributed by atoms with E-state index in [9.17, 15) is 18.0 Å². The Labute approximate surface area is 134 Å². The molecule has 1 aliphatic rings. The van der Waals surface area contributed by atoms with Gasteiger partial charge in [-0.1, -0.05) is 11.6 Å². The number of hydrogen-bond donors (Lipinski definition) is 1. The number of alkyl halides is 3. The number of halogens is 4. The van der Waals surface area contributed by atoms with Gasteiger partial charge in [-0.3, -0.25) is 9.48 Å². The smallest absolute Gasteiger partial charge is 0.322 e. The van der Waals surface area contributed by atoms with Gasteiger partial charge in [0.1, 0.15) is 6.54 Å². The second kappa shape index (κ2) is 5.84. The second-order valence-corrected chi connectivity index (χ2v) is 5.53. The van der Waals surface area contributed by atoms with Crippen molar-refractivity contribution < 1.29 is 18.0 Å². The molecule has 0 saturated carbocycles. The van der Waals surface area contributed by atoms with Gasteiger partial charge >= 0.3 is 6.18 Å². The van der Waals surface area contributed by atoms with Crippen molar-refractivity contribution in [2.75, 3.05) is 5.32 Å². The summed E-state index contributed by atoms with van der Waals surface area (Å²) in [7, 11) is 0. The van der Waals surface area contributed by atoms with E-state index < -0.39 is 17.8 Å². The maximum atomic E-state index is 13.0. The van der Waals surface area contributed by atoms with Crippen LogP contribution in [0, 0.1) is 0 Å². The highest BCUT2D eigenvalue weighted by atomic mass is 35.5. The van der Waals surface area contributed by atoms with Gasteiger partial charge in [-0.15, -0.1) is 0 Å². The fourth-order valence-corrected chi connectivity index (χ4v) is 2.84. The van der Waals surface area contributed by atoms with Gasteiger partial charge in [0.25, 0.3) is 0 Å². The monoisotopic (exact) mass is 344 g/mol. The number of nitrogens with one attached hydrogen (secondary N) is 1. The Balaban J connectivity index is 1.81. The van der Waals surface area contributed by atoms with Crippen LogP contribution in [0.1, 0.15) is 23.4 Å². The lowest BCUT2D eigenvalue weighted by molar-refractivity contribution is -0.142. The molecule has 0 bridgehead atoms. The Morgan fingerprint density at radius 3 is 2.87 bits per heavy atom. The van der Waals surface area contributed by atoms with E-state index in [2.05, 4.69) is 15.4 Å². The van der Waals surface area contributed by atoms with Gasteiger partial charge in [-0.05, 0) is 31.4 Å². The summed E-state index contributed by atoms with van der Waals surface area (Å²) in [4.78, 5) is 15.9. The van der Waals surface area contributed by atoms with Crippen molar-refractivity contribution in [3.8, 4) is 0 Å². The fourth-order valence-electron chi connectivity index (χ4n) is 2.67. The highest BCUT2D eigenvalue weighted by Crippen LogP contribution is 2.36. The Hall–Kier alpha value is -2.09. The molecule has 2 aromatic heterocycles. The van der Waals surface area contributed by atoms with Crippen LogP contribution >= 0.6 is 11.6 Å². The third kappa shape index (κ3) is 3.17.